The number of hydrogen-bond donors (Lipinski definition) is 4. The second-order valence-electron chi connectivity index (χ2n) is 29.4. The highest BCUT2D eigenvalue weighted by atomic mass is 16.6. The predicted octanol–water partition coefficient (Wildman–Crippen LogP) is 11.2. The summed E-state index contributed by atoms with van der Waals surface area (Å²) in [5.41, 5.74) is -9.46. The molecule has 81 heavy (non-hydrogen) atoms. The van der Waals surface area contributed by atoms with Gasteiger partial charge in [0.15, 0.2) is 10.8 Å². The molecule has 2 unspecified atom stereocenters. The van der Waals surface area contributed by atoms with Crippen LogP contribution in [0.2, 0.25) is 0 Å². The fourth-order valence-corrected chi connectivity index (χ4v) is 13.3. The van der Waals surface area contributed by atoms with Gasteiger partial charge in [0.05, 0.1) is 26.1 Å². The summed E-state index contributed by atoms with van der Waals surface area (Å²) < 4.78 is 36.0. The average molecular weight is 1160 g/mol. The molecule has 0 aromatic heterocycles. The number of hydroxylamine groups is 8. The molecule has 3 fully saturated rings. The van der Waals surface area contributed by atoms with Crippen molar-refractivity contribution in [1.82, 2.24) is 20.3 Å². The first-order chi connectivity index (χ1) is 36.9. The van der Waals surface area contributed by atoms with E-state index in [2.05, 4.69) is 0 Å². The molecule has 0 aromatic carbocycles. The lowest BCUT2D eigenvalue weighted by molar-refractivity contribution is -0.263. The highest BCUT2D eigenvalue weighted by Crippen LogP contribution is 2.45. The van der Waals surface area contributed by atoms with Gasteiger partial charge < -0.3 is 49.3 Å². The molecule has 3 heterocycles. The first-order valence-corrected chi connectivity index (χ1v) is 30.0. The van der Waals surface area contributed by atoms with Gasteiger partial charge in [-0.15, -0.1) is 0 Å². The Morgan fingerprint density at radius 1 is 0.494 bits per heavy atom. The summed E-state index contributed by atoms with van der Waals surface area (Å²) in [7, 11) is 0. The summed E-state index contributed by atoms with van der Waals surface area (Å²) in [6, 6.07) is 0. The van der Waals surface area contributed by atoms with Crippen LogP contribution >= 0.6 is 0 Å². The fraction of sp³-hybridized carbons (Fsp3) is 0.902. The van der Waals surface area contributed by atoms with Crippen molar-refractivity contribution in [3.8, 4) is 0 Å². The van der Waals surface area contributed by atoms with Crippen molar-refractivity contribution in [2.45, 2.75) is 329 Å². The molecule has 0 radical (unpaired) electrons. The van der Waals surface area contributed by atoms with E-state index in [9.17, 15) is 49.6 Å². The summed E-state index contributed by atoms with van der Waals surface area (Å²) >= 11 is 0. The molecule has 2 atom stereocenters. The minimum atomic E-state index is -1.78. The van der Waals surface area contributed by atoms with E-state index in [0.29, 0.717) is 64.2 Å². The van der Waals surface area contributed by atoms with Crippen molar-refractivity contribution in [2.24, 2.45) is 10.8 Å². The van der Waals surface area contributed by atoms with Crippen LogP contribution in [0, 0.1) is 10.8 Å². The molecule has 3 rings (SSSR count). The van der Waals surface area contributed by atoms with Crippen LogP contribution < -0.4 is 0 Å². The smallest absolute Gasteiger partial charge is 0.323 e. The van der Waals surface area contributed by atoms with Gasteiger partial charge in [0.25, 0.3) is 0 Å². The average Bonchev–Trinajstić information content (AvgIpc) is 3.31. The molecule has 20 heteroatoms. The normalized spacial score (nSPS) is 22.0. The Morgan fingerprint density at radius 3 is 1.04 bits per heavy atom. The van der Waals surface area contributed by atoms with Gasteiger partial charge >= 0.3 is 35.8 Å². The molecule has 3 saturated heterocycles. The molecular weight excluding hydrogens is 1040 g/mol. The molecule has 20 nitrogen and oxygen atoms in total. The van der Waals surface area contributed by atoms with Crippen LogP contribution in [0.15, 0.2) is 0 Å². The Labute approximate surface area is 485 Å². The third-order valence-electron chi connectivity index (χ3n) is 17.0. The zero-order chi connectivity index (χ0) is 62.2. The number of carbonyl (C=O) groups is 6. The first-order valence-electron chi connectivity index (χ1n) is 30.0. The number of ether oxygens (including phenoxy) is 6. The van der Waals surface area contributed by atoms with Gasteiger partial charge in [0, 0.05) is 89.3 Å². The molecule has 0 amide bonds. The largest absolute Gasteiger partial charge is 0.466 e. The van der Waals surface area contributed by atoms with E-state index in [1.165, 1.54) is 20.3 Å². The van der Waals surface area contributed by atoms with E-state index in [-0.39, 0.29) is 71.0 Å². The lowest BCUT2D eigenvalue weighted by atomic mass is 9.77. The lowest BCUT2D eigenvalue weighted by Crippen LogP contribution is -2.61. The summed E-state index contributed by atoms with van der Waals surface area (Å²) in [5.74, 6) is -4.43. The van der Waals surface area contributed by atoms with E-state index < -0.39 is 115 Å². The second kappa shape index (κ2) is 27.7. The van der Waals surface area contributed by atoms with Crippen LogP contribution in [0.5, 0.6) is 0 Å². The van der Waals surface area contributed by atoms with Crippen LogP contribution in [0.3, 0.4) is 0 Å². The van der Waals surface area contributed by atoms with Crippen LogP contribution in [0.1, 0.15) is 260 Å². The highest BCUT2D eigenvalue weighted by Gasteiger charge is 2.56. The molecule has 0 aromatic rings. The maximum absolute atomic E-state index is 14.7. The van der Waals surface area contributed by atoms with Crippen molar-refractivity contribution < 1.29 is 78.0 Å². The van der Waals surface area contributed by atoms with E-state index in [0.717, 1.165) is 0 Å². The van der Waals surface area contributed by atoms with Gasteiger partial charge in [-0.05, 0) is 163 Å². The summed E-state index contributed by atoms with van der Waals surface area (Å²) in [6.07, 6.45) is 1.28. The molecule has 0 aliphatic carbocycles. The fourth-order valence-electron chi connectivity index (χ4n) is 13.3. The van der Waals surface area contributed by atoms with Crippen molar-refractivity contribution in [1.29, 1.82) is 0 Å². The van der Waals surface area contributed by atoms with Gasteiger partial charge in [-0.25, -0.2) is 0 Å². The van der Waals surface area contributed by atoms with Gasteiger partial charge in [-0.3, -0.25) is 28.8 Å². The maximum Gasteiger partial charge on any atom is 0.323 e. The van der Waals surface area contributed by atoms with Gasteiger partial charge in [0.1, 0.15) is 24.4 Å². The Hall–Kier alpha value is -3.50. The number of hydrogen-bond acceptors (Lipinski definition) is 20. The van der Waals surface area contributed by atoms with Crippen LogP contribution in [-0.2, 0) is 57.2 Å². The Kier molecular flexibility index (Phi) is 24.5. The Balaban J connectivity index is 1.76. The Bertz CT molecular complexity index is 2020. The topological polar surface area (TPSA) is 252 Å². The first kappa shape index (κ1) is 71.8. The standard InChI is InChI=1S/C61H110N4O16/c1-21-23-29-60(48(68)78-42(3)35-53(7,8)62(72)52(4,5)6,49(69)79-43-36-54(9,10)63(73)55(11,12)37-43)31-25-33-76-46(66)27-28-47(67)77-34-26-32-61(30-24-22-2,50(70)80-44-38-56(13,14)64(74)57(15,16)39-44)51(71)81-45-40-58(17,18)65(75)59(19,20)41-45/h42-45,72-75H,21-41H2,1-20H3. The predicted molar refractivity (Wildman–Crippen MR) is 304 cm³/mol. The maximum atomic E-state index is 14.7. The van der Waals surface area contributed by atoms with Gasteiger partial charge in [0.2, 0.25) is 0 Å². The van der Waals surface area contributed by atoms with E-state index in [4.69, 9.17) is 28.4 Å². The summed E-state index contributed by atoms with van der Waals surface area (Å²) in [5, 5.41) is 49.1. The number of piperidine rings is 3. The highest BCUT2D eigenvalue weighted by molar-refractivity contribution is 6.01. The minimum absolute atomic E-state index is 0.0641. The van der Waals surface area contributed by atoms with Crippen LogP contribution in [0.4, 0.5) is 0 Å². The van der Waals surface area contributed by atoms with Crippen molar-refractivity contribution >= 4 is 35.8 Å². The third-order valence-corrected chi connectivity index (χ3v) is 17.0. The van der Waals surface area contributed by atoms with Crippen LogP contribution in [0.25, 0.3) is 0 Å². The van der Waals surface area contributed by atoms with E-state index in [1.54, 1.807) is 6.92 Å². The van der Waals surface area contributed by atoms with Crippen molar-refractivity contribution in [3.05, 3.63) is 0 Å². The van der Waals surface area contributed by atoms with Crippen LogP contribution in [-0.4, -0.2) is 159 Å². The van der Waals surface area contributed by atoms with Crippen molar-refractivity contribution in [2.75, 3.05) is 13.2 Å². The second-order valence-corrected chi connectivity index (χ2v) is 29.4. The third kappa shape index (κ3) is 18.7. The minimum Gasteiger partial charge on any atom is -0.466 e. The molecule has 0 spiro atoms. The number of esters is 6. The monoisotopic (exact) mass is 1150 g/mol. The van der Waals surface area contributed by atoms with Gasteiger partial charge in [-0.2, -0.15) is 20.3 Å². The van der Waals surface area contributed by atoms with E-state index >= 15 is 0 Å². The molecule has 0 saturated carbocycles. The molecule has 0 bridgehead atoms. The molecule has 3 aliphatic rings. The van der Waals surface area contributed by atoms with Crippen molar-refractivity contribution in [3.63, 3.8) is 0 Å². The number of unbranched alkanes of at least 4 members (excludes halogenated alkanes) is 2. The Morgan fingerprint density at radius 2 is 0.765 bits per heavy atom. The SMILES string of the molecule is CCCCC(CCCOC(=O)CCC(=O)OCCCC(CCCC)(C(=O)OC1CC(C)(C)N(O)C(C)(C)C1)C(=O)OC1CC(C)(C)N(O)C(C)(C)C1)(C(=O)OC(C)CC(C)(C)N(O)C(C)(C)C)C(=O)OC1CC(C)(C)N(O)C(C)(C)C1. The number of carbonyl (C=O) groups excluding carboxylic acids is 6. The number of nitrogens with zero attached hydrogens (tertiary/aromatic N) is 4. The molecule has 3 aliphatic heterocycles. The zero-order valence-corrected chi connectivity index (χ0v) is 53.6. The van der Waals surface area contributed by atoms with Gasteiger partial charge in [-0.1, -0.05) is 39.5 Å². The quantitative estimate of drug-likeness (QED) is 0.0187. The summed E-state index contributed by atoms with van der Waals surface area (Å²) in [6.45, 7) is 36.8. The lowest BCUT2D eigenvalue weighted by Gasteiger charge is -2.51. The molecule has 4 N–H and O–H groups in total. The number of rotatable bonds is 28. The summed E-state index contributed by atoms with van der Waals surface area (Å²) in [4.78, 5) is 85.0. The zero-order valence-electron chi connectivity index (χ0n) is 53.6. The van der Waals surface area contributed by atoms with E-state index in [1.807, 2.05) is 132 Å². The molecular formula is C61H110N4O16. The molecule has 470 valence electrons.